The van der Waals surface area contributed by atoms with Gasteiger partial charge in [-0.15, -0.1) is 0 Å². The number of carbonyl (C=O) groups excluding carboxylic acids is 1. The molecule has 1 atom stereocenters. The van der Waals surface area contributed by atoms with Crippen LogP contribution in [-0.2, 0) is 6.54 Å². The van der Waals surface area contributed by atoms with E-state index in [0.717, 1.165) is 43.7 Å². The quantitative estimate of drug-likeness (QED) is 0.379. The number of nitrogens with zero attached hydrogens (tertiary/aromatic N) is 5. The van der Waals surface area contributed by atoms with Gasteiger partial charge in [-0.2, -0.15) is 15.0 Å². The van der Waals surface area contributed by atoms with E-state index >= 15 is 0 Å². The van der Waals surface area contributed by atoms with Crippen LogP contribution in [0.15, 0.2) is 42.5 Å². The van der Waals surface area contributed by atoms with Crippen molar-refractivity contribution in [1.29, 1.82) is 0 Å². The lowest BCUT2D eigenvalue weighted by Gasteiger charge is -2.22. The zero-order valence-electron chi connectivity index (χ0n) is 21.8. The Hall–Kier alpha value is -3.79. The number of aryl methyl sites for hydroxylation is 1. The fourth-order valence-corrected chi connectivity index (χ4v) is 4.44. The van der Waals surface area contributed by atoms with Gasteiger partial charge < -0.3 is 21.3 Å². The molecule has 0 unspecified atom stereocenters. The van der Waals surface area contributed by atoms with Gasteiger partial charge in [0.2, 0.25) is 23.8 Å². The molecule has 10 heteroatoms. The molecule has 196 valence electrons. The lowest BCUT2D eigenvalue weighted by atomic mass is 10.1. The molecule has 4 rings (SSSR count). The van der Waals surface area contributed by atoms with Gasteiger partial charge in [0.15, 0.2) is 0 Å². The summed E-state index contributed by atoms with van der Waals surface area (Å²) in [4.78, 5) is 30.0. The topological polar surface area (TPSA) is 112 Å². The van der Waals surface area contributed by atoms with Crippen molar-refractivity contribution >= 4 is 29.4 Å². The van der Waals surface area contributed by atoms with Gasteiger partial charge in [-0.1, -0.05) is 32.0 Å². The number of benzene rings is 2. The second kappa shape index (κ2) is 11.5. The average Bonchev–Trinajstić information content (AvgIpc) is 3.27. The number of amides is 1. The second-order valence-electron chi connectivity index (χ2n) is 10.1. The zero-order valence-corrected chi connectivity index (χ0v) is 21.8. The molecular formula is C27H35FN8O. The molecule has 2 heterocycles. The van der Waals surface area contributed by atoms with E-state index in [0.29, 0.717) is 35.0 Å². The maximum absolute atomic E-state index is 13.2. The van der Waals surface area contributed by atoms with Crippen LogP contribution in [0.25, 0.3) is 0 Å². The summed E-state index contributed by atoms with van der Waals surface area (Å²) in [6.45, 7) is 9.51. The van der Waals surface area contributed by atoms with Crippen LogP contribution in [0.1, 0.15) is 41.8 Å². The molecule has 37 heavy (non-hydrogen) atoms. The molecule has 9 nitrogen and oxygen atoms in total. The molecule has 0 saturated carbocycles. The zero-order chi connectivity index (χ0) is 26.5. The molecule has 0 bridgehead atoms. The van der Waals surface area contributed by atoms with E-state index < -0.39 is 5.91 Å². The lowest BCUT2D eigenvalue weighted by molar-refractivity contribution is 0.100. The van der Waals surface area contributed by atoms with Crippen molar-refractivity contribution in [2.75, 3.05) is 42.2 Å². The van der Waals surface area contributed by atoms with Crippen LogP contribution in [-0.4, -0.2) is 58.5 Å². The number of hydrogen-bond donors (Lipinski definition) is 3. The first-order valence-corrected chi connectivity index (χ1v) is 12.5. The van der Waals surface area contributed by atoms with Crippen molar-refractivity contribution < 1.29 is 9.18 Å². The summed E-state index contributed by atoms with van der Waals surface area (Å²) in [5.41, 5.74) is 8.60. The average molecular weight is 507 g/mol. The first-order chi connectivity index (χ1) is 17.7. The van der Waals surface area contributed by atoms with E-state index in [1.165, 1.54) is 12.1 Å². The molecule has 0 aliphatic carbocycles. The van der Waals surface area contributed by atoms with Crippen molar-refractivity contribution in [3.63, 3.8) is 0 Å². The van der Waals surface area contributed by atoms with Crippen molar-refractivity contribution in [1.82, 2.24) is 19.9 Å². The molecule has 1 aliphatic rings. The SMILES string of the molecule is Cc1ccc(C(N)=O)cc1Nc1nc(N[C@H]2CCN(Cc3ccc(F)cc3)C2)nc(N(C)CC(C)C)n1. The van der Waals surface area contributed by atoms with Gasteiger partial charge in [-0.05, 0) is 54.7 Å². The van der Waals surface area contributed by atoms with Crippen LogP contribution < -0.4 is 21.3 Å². The molecule has 1 aromatic heterocycles. The van der Waals surface area contributed by atoms with Gasteiger partial charge in [0.25, 0.3) is 0 Å². The molecule has 1 saturated heterocycles. The van der Waals surface area contributed by atoms with Crippen LogP contribution in [0, 0.1) is 18.7 Å². The predicted octanol–water partition coefficient (Wildman–Crippen LogP) is 3.94. The Morgan fingerprint density at radius 3 is 2.59 bits per heavy atom. The Kier molecular flexibility index (Phi) is 8.17. The van der Waals surface area contributed by atoms with Gasteiger partial charge in [-0.25, -0.2) is 4.39 Å². The fraction of sp³-hybridized carbons (Fsp3) is 0.407. The van der Waals surface area contributed by atoms with Crippen molar-refractivity contribution in [2.45, 2.75) is 39.8 Å². The normalized spacial score (nSPS) is 15.7. The summed E-state index contributed by atoms with van der Waals surface area (Å²) in [6.07, 6.45) is 0.937. The molecule has 1 amide bonds. The summed E-state index contributed by atoms with van der Waals surface area (Å²) in [5, 5.41) is 6.73. The highest BCUT2D eigenvalue weighted by Crippen LogP contribution is 2.23. The molecule has 3 aromatic rings. The van der Waals surface area contributed by atoms with Gasteiger partial charge in [-0.3, -0.25) is 9.69 Å². The van der Waals surface area contributed by atoms with Gasteiger partial charge >= 0.3 is 0 Å². The monoisotopic (exact) mass is 506 g/mol. The first-order valence-electron chi connectivity index (χ1n) is 12.5. The number of carbonyl (C=O) groups is 1. The maximum atomic E-state index is 13.2. The minimum atomic E-state index is -0.496. The lowest BCUT2D eigenvalue weighted by Crippen LogP contribution is -2.28. The Bertz CT molecular complexity index is 1230. The molecule has 1 fully saturated rings. The maximum Gasteiger partial charge on any atom is 0.248 e. The molecule has 0 spiro atoms. The number of nitrogens with one attached hydrogen (secondary N) is 2. The number of anilines is 4. The standard InChI is InChI=1S/C27H35FN8O/c1-17(2)14-35(4)27-33-25(30-22-11-12-36(16-22)15-19-6-9-21(28)10-7-19)32-26(34-27)31-23-13-20(24(29)37)8-5-18(23)3/h5-10,13,17,22H,11-12,14-16H2,1-4H3,(H2,29,37)(H2,30,31,32,33,34)/t22-/m0/s1. The predicted molar refractivity (Wildman–Crippen MR) is 145 cm³/mol. The number of halogens is 1. The van der Waals surface area contributed by atoms with E-state index in [9.17, 15) is 9.18 Å². The minimum absolute atomic E-state index is 0.166. The number of primary amides is 1. The smallest absolute Gasteiger partial charge is 0.248 e. The summed E-state index contributed by atoms with van der Waals surface area (Å²) in [5.74, 6) is 1.13. The molecule has 1 aliphatic heterocycles. The highest BCUT2D eigenvalue weighted by molar-refractivity contribution is 5.94. The number of nitrogens with two attached hydrogens (primary N) is 1. The van der Waals surface area contributed by atoms with Crippen LogP contribution in [0.4, 0.5) is 27.9 Å². The Labute approximate surface area is 217 Å². The first kappa shape index (κ1) is 26.3. The van der Waals surface area contributed by atoms with Crippen LogP contribution in [0.3, 0.4) is 0 Å². The number of aromatic nitrogens is 3. The Morgan fingerprint density at radius 2 is 1.89 bits per heavy atom. The van der Waals surface area contributed by atoms with Gasteiger partial charge in [0.1, 0.15) is 5.82 Å². The Balaban J connectivity index is 1.52. The molecule has 2 aromatic carbocycles. The highest BCUT2D eigenvalue weighted by atomic mass is 19.1. The van der Waals surface area contributed by atoms with Crippen molar-refractivity contribution in [3.8, 4) is 0 Å². The summed E-state index contributed by atoms with van der Waals surface area (Å²) < 4.78 is 13.2. The van der Waals surface area contributed by atoms with Crippen LogP contribution >= 0.6 is 0 Å². The molecule has 4 N–H and O–H groups in total. The van der Waals surface area contributed by atoms with Crippen molar-refractivity contribution in [3.05, 3.63) is 65.0 Å². The highest BCUT2D eigenvalue weighted by Gasteiger charge is 2.24. The second-order valence-corrected chi connectivity index (χ2v) is 10.1. The third kappa shape index (κ3) is 7.13. The van der Waals surface area contributed by atoms with Crippen LogP contribution in [0.2, 0.25) is 0 Å². The van der Waals surface area contributed by atoms with E-state index in [2.05, 4.69) is 39.3 Å². The minimum Gasteiger partial charge on any atom is -0.366 e. The molecule has 0 radical (unpaired) electrons. The van der Waals surface area contributed by atoms with Gasteiger partial charge in [0, 0.05) is 50.5 Å². The van der Waals surface area contributed by atoms with E-state index in [1.54, 1.807) is 12.1 Å². The number of likely N-dealkylation sites (tertiary alicyclic amines) is 1. The van der Waals surface area contributed by atoms with E-state index in [4.69, 9.17) is 10.7 Å². The van der Waals surface area contributed by atoms with Crippen LogP contribution in [0.5, 0.6) is 0 Å². The fourth-order valence-electron chi connectivity index (χ4n) is 4.44. The summed E-state index contributed by atoms with van der Waals surface area (Å²) in [6, 6.07) is 12.0. The van der Waals surface area contributed by atoms with E-state index in [-0.39, 0.29) is 11.9 Å². The molecular weight excluding hydrogens is 471 g/mol. The third-order valence-electron chi connectivity index (χ3n) is 6.30. The summed E-state index contributed by atoms with van der Waals surface area (Å²) >= 11 is 0. The third-order valence-corrected chi connectivity index (χ3v) is 6.30. The van der Waals surface area contributed by atoms with Crippen molar-refractivity contribution in [2.24, 2.45) is 11.7 Å². The van der Waals surface area contributed by atoms with Gasteiger partial charge in [0.05, 0.1) is 0 Å². The Morgan fingerprint density at radius 1 is 1.16 bits per heavy atom. The number of rotatable bonds is 10. The van der Waals surface area contributed by atoms with E-state index in [1.807, 2.05) is 37.1 Å². The number of hydrogen-bond acceptors (Lipinski definition) is 8. The summed E-state index contributed by atoms with van der Waals surface area (Å²) in [7, 11) is 1.96. The largest absolute Gasteiger partial charge is 0.366 e.